The van der Waals surface area contributed by atoms with Gasteiger partial charge in [0.25, 0.3) is 0 Å². The van der Waals surface area contributed by atoms with Crippen LogP contribution in [0.25, 0.3) is 11.3 Å². The van der Waals surface area contributed by atoms with Crippen molar-refractivity contribution in [3.05, 3.63) is 33.7 Å². The molecule has 0 aliphatic heterocycles. The molecule has 0 amide bonds. The lowest BCUT2D eigenvalue weighted by molar-refractivity contribution is 0.388. The standard InChI is InChI=1S/C16H20N2O3/c1-16(2,3)12-13(9-5-6-9)18-15(20-4)11(14(12)19)10-7-8-17-21-10/h7-9H,5-6H2,1-4H3,(H,18,19). The summed E-state index contributed by atoms with van der Waals surface area (Å²) in [6.07, 6.45) is 3.76. The van der Waals surface area contributed by atoms with Gasteiger partial charge < -0.3 is 14.2 Å². The number of methoxy groups -OCH3 is 1. The van der Waals surface area contributed by atoms with Gasteiger partial charge in [-0.2, -0.15) is 0 Å². The third-order valence-corrected chi connectivity index (χ3v) is 3.82. The lowest BCUT2D eigenvalue weighted by Crippen LogP contribution is -2.27. The molecule has 2 aromatic rings. The summed E-state index contributed by atoms with van der Waals surface area (Å²) >= 11 is 0. The zero-order valence-electron chi connectivity index (χ0n) is 12.8. The van der Waals surface area contributed by atoms with Crippen molar-refractivity contribution >= 4 is 0 Å². The van der Waals surface area contributed by atoms with Gasteiger partial charge in [0.1, 0.15) is 5.56 Å². The molecule has 3 rings (SSSR count). The zero-order chi connectivity index (χ0) is 15.2. The second kappa shape index (κ2) is 4.76. The van der Waals surface area contributed by atoms with Gasteiger partial charge in [0.2, 0.25) is 11.3 Å². The molecule has 2 aromatic heterocycles. The molecule has 1 fully saturated rings. The lowest BCUT2D eigenvalue weighted by atomic mass is 9.83. The number of aromatic amines is 1. The van der Waals surface area contributed by atoms with Gasteiger partial charge in [0, 0.05) is 17.3 Å². The average molecular weight is 288 g/mol. The number of nitrogens with one attached hydrogen (secondary N) is 1. The Labute approximate surface area is 123 Å². The molecule has 0 aromatic carbocycles. The first kappa shape index (κ1) is 13.9. The van der Waals surface area contributed by atoms with Crippen LogP contribution in [0.15, 0.2) is 21.6 Å². The first-order chi connectivity index (χ1) is 9.93. The molecular weight excluding hydrogens is 268 g/mol. The van der Waals surface area contributed by atoms with Crippen LogP contribution in [0.2, 0.25) is 0 Å². The predicted octanol–water partition coefficient (Wildman–Crippen LogP) is 3.21. The molecule has 21 heavy (non-hydrogen) atoms. The molecule has 0 saturated heterocycles. The summed E-state index contributed by atoms with van der Waals surface area (Å²) in [6, 6.07) is 1.68. The van der Waals surface area contributed by atoms with E-state index in [1.807, 2.05) is 0 Å². The largest absolute Gasteiger partial charge is 0.482 e. The molecule has 112 valence electrons. The summed E-state index contributed by atoms with van der Waals surface area (Å²) in [6.45, 7) is 6.17. The maximum absolute atomic E-state index is 13.1. The third kappa shape index (κ3) is 2.37. The fourth-order valence-corrected chi connectivity index (χ4v) is 2.74. The number of hydrogen-bond donors (Lipinski definition) is 1. The number of pyridine rings is 1. The van der Waals surface area contributed by atoms with Crippen molar-refractivity contribution in [1.82, 2.24) is 10.1 Å². The van der Waals surface area contributed by atoms with E-state index in [0.29, 0.717) is 23.1 Å². The maximum Gasteiger partial charge on any atom is 0.206 e. The molecule has 2 heterocycles. The second-order valence-electron chi connectivity index (χ2n) is 6.55. The highest BCUT2D eigenvalue weighted by atomic mass is 16.5. The van der Waals surface area contributed by atoms with Crippen LogP contribution in [-0.2, 0) is 5.41 Å². The Kier molecular flexibility index (Phi) is 3.15. The van der Waals surface area contributed by atoms with E-state index in [1.165, 1.54) is 6.20 Å². The van der Waals surface area contributed by atoms with Gasteiger partial charge in [-0.3, -0.25) is 4.79 Å². The number of hydrogen-bond acceptors (Lipinski definition) is 4. The summed E-state index contributed by atoms with van der Waals surface area (Å²) in [7, 11) is 1.55. The van der Waals surface area contributed by atoms with Crippen LogP contribution < -0.4 is 10.2 Å². The Balaban J connectivity index is 2.33. The Hall–Kier alpha value is -2.04. The topological polar surface area (TPSA) is 68.1 Å². The highest BCUT2D eigenvalue weighted by molar-refractivity contribution is 5.65. The van der Waals surface area contributed by atoms with E-state index in [9.17, 15) is 4.79 Å². The van der Waals surface area contributed by atoms with Crippen LogP contribution in [0.3, 0.4) is 0 Å². The number of H-pyrrole nitrogens is 1. The molecule has 5 heteroatoms. The van der Waals surface area contributed by atoms with Crippen LogP contribution in [0.1, 0.15) is 50.8 Å². The Morgan fingerprint density at radius 3 is 2.57 bits per heavy atom. The lowest BCUT2D eigenvalue weighted by Gasteiger charge is -2.23. The van der Waals surface area contributed by atoms with Crippen LogP contribution in [0, 0.1) is 0 Å². The molecule has 1 aliphatic rings. The number of rotatable bonds is 3. The van der Waals surface area contributed by atoms with Crippen molar-refractivity contribution in [1.29, 1.82) is 0 Å². The zero-order valence-corrected chi connectivity index (χ0v) is 12.8. The molecule has 0 atom stereocenters. The molecule has 1 aliphatic carbocycles. The normalized spacial score (nSPS) is 15.2. The fraction of sp³-hybridized carbons (Fsp3) is 0.500. The van der Waals surface area contributed by atoms with Gasteiger partial charge >= 0.3 is 0 Å². The minimum atomic E-state index is -0.244. The quantitative estimate of drug-likeness (QED) is 0.941. The Morgan fingerprint density at radius 2 is 2.10 bits per heavy atom. The first-order valence-electron chi connectivity index (χ1n) is 7.19. The highest BCUT2D eigenvalue weighted by Gasteiger charge is 2.35. The summed E-state index contributed by atoms with van der Waals surface area (Å²) in [5, 5.41) is 3.69. The minimum absolute atomic E-state index is 0.0308. The van der Waals surface area contributed by atoms with Crippen molar-refractivity contribution in [2.24, 2.45) is 0 Å². The van der Waals surface area contributed by atoms with Crippen molar-refractivity contribution in [3.8, 4) is 17.2 Å². The smallest absolute Gasteiger partial charge is 0.206 e. The van der Waals surface area contributed by atoms with Gasteiger partial charge in [-0.05, 0) is 24.2 Å². The van der Waals surface area contributed by atoms with Crippen LogP contribution in [-0.4, -0.2) is 17.3 Å². The monoisotopic (exact) mass is 288 g/mol. The van der Waals surface area contributed by atoms with Gasteiger partial charge in [-0.25, -0.2) is 0 Å². The van der Waals surface area contributed by atoms with Gasteiger partial charge in [-0.15, -0.1) is 0 Å². The van der Waals surface area contributed by atoms with Gasteiger partial charge in [0.15, 0.2) is 5.76 Å². The molecule has 0 spiro atoms. The Morgan fingerprint density at radius 1 is 1.38 bits per heavy atom. The van der Waals surface area contributed by atoms with E-state index in [2.05, 4.69) is 30.9 Å². The SMILES string of the molecule is COc1[nH]c(C2CC2)c(C(C)(C)C)c(=O)c1-c1ccno1. The number of nitrogens with zero attached hydrogens (tertiary/aromatic N) is 1. The molecule has 0 radical (unpaired) electrons. The van der Waals surface area contributed by atoms with Crippen LogP contribution >= 0.6 is 0 Å². The minimum Gasteiger partial charge on any atom is -0.482 e. The van der Waals surface area contributed by atoms with Gasteiger partial charge in [-0.1, -0.05) is 25.9 Å². The molecule has 1 saturated carbocycles. The number of ether oxygens (including phenoxy) is 1. The second-order valence-corrected chi connectivity index (χ2v) is 6.55. The van der Waals surface area contributed by atoms with Crippen molar-refractivity contribution in [2.45, 2.75) is 44.9 Å². The first-order valence-corrected chi connectivity index (χ1v) is 7.19. The van der Waals surface area contributed by atoms with Crippen molar-refractivity contribution in [2.75, 3.05) is 7.11 Å². The van der Waals surface area contributed by atoms with Crippen LogP contribution in [0.4, 0.5) is 0 Å². The summed E-state index contributed by atoms with van der Waals surface area (Å²) in [4.78, 5) is 16.4. The molecule has 1 N–H and O–H groups in total. The molecule has 0 unspecified atom stereocenters. The molecular formula is C16H20N2O3. The highest BCUT2D eigenvalue weighted by Crippen LogP contribution is 2.44. The van der Waals surface area contributed by atoms with E-state index < -0.39 is 0 Å². The maximum atomic E-state index is 13.1. The summed E-state index contributed by atoms with van der Waals surface area (Å²) in [5.41, 5.74) is 1.97. The van der Waals surface area contributed by atoms with E-state index in [4.69, 9.17) is 9.26 Å². The number of aromatic nitrogens is 2. The molecule has 5 nitrogen and oxygen atoms in total. The fourth-order valence-electron chi connectivity index (χ4n) is 2.74. The third-order valence-electron chi connectivity index (χ3n) is 3.82. The van der Waals surface area contributed by atoms with Crippen LogP contribution in [0.5, 0.6) is 5.88 Å². The van der Waals surface area contributed by atoms with Gasteiger partial charge in [0.05, 0.1) is 13.3 Å². The predicted molar refractivity (Wildman–Crippen MR) is 79.8 cm³/mol. The van der Waals surface area contributed by atoms with E-state index in [-0.39, 0.29) is 10.8 Å². The van der Waals surface area contributed by atoms with Crippen molar-refractivity contribution < 1.29 is 9.26 Å². The Bertz CT molecular complexity index is 704. The van der Waals surface area contributed by atoms with Crippen molar-refractivity contribution in [3.63, 3.8) is 0 Å². The van der Waals surface area contributed by atoms with E-state index >= 15 is 0 Å². The van der Waals surface area contributed by atoms with E-state index in [1.54, 1.807) is 13.2 Å². The summed E-state index contributed by atoms with van der Waals surface area (Å²) in [5.74, 6) is 1.32. The molecule has 0 bridgehead atoms. The average Bonchev–Trinajstić information content (AvgIpc) is 3.12. The summed E-state index contributed by atoms with van der Waals surface area (Å²) < 4.78 is 10.6. The van der Waals surface area contributed by atoms with E-state index in [0.717, 1.165) is 24.1 Å².